The minimum absolute atomic E-state index is 0. The molecule has 5 heterocycles. The maximum Gasteiger partial charge on any atom is 0.200 e. The van der Waals surface area contributed by atoms with Crippen LogP contribution in [0.15, 0.2) is 42.7 Å². The first-order valence-electron chi connectivity index (χ1n) is 9.78. The van der Waals surface area contributed by atoms with Gasteiger partial charge in [0.15, 0.2) is 0 Å². The summed E-state index contributed by atoms with van der Waals surface area (Å²) in [5.41, 5.74) is 3.45. The number of aliphatic hydroxyl groups excluding tert-OH is 1. The maximum atomic E-state index is 9.98. The third-order valence-corrected chi connectivity index (χ3v) is 6.57. The monoisotopic (exact) mass is 450 g/mol. The highest BCUT2D eigenvalue weighted by atomic mass is 35.5. The fourth-order valence-electron chi connectivity index (χ4n) is 5.28. The van der Waals surface area contributed by atoms with Crippen LogP contribution in [0.5, 0.6) is 0 Å². The second kappa shape index (κ2) is 7.94. The Labute approximate surface area is 186 Å². The van der Waals surface area contributed by atoms with E-state index < -0.39 is 0 Å². The van der Waals surface area contributed by atoms with E-state index in [1.54, 1.807) is 10.8 Å². The molecule has 0 amide bonds. The maximum absolute atomic E-state index is 9.98. The standard InChI is InChI=1S/C20H22N6O2.2ClH/c27-9-14-15-8-25(11-20(15)10-21-7-18(14)28-20)17-6-16(13-4-2-1-3-5-13)24-26-12-22-23-19(17)26;;/h1-6,12,14-15,18,21,27H,7-11H2;2*1H/t14-,15+,18+,20+;;/m0../s1. The van der Waals surface area contributed by atoms with E-state index >= 15 is 0 Å². The summed E-state index contributed by atoms with van der Waals surface area (Å²) in [6, 6.07) is 12.2. The van der Waals surface area contributed by atoms with Gasteiger partial charge in [-0.1, -0.05) is 30.3 Å². The largest absolute Gasteiger partial charge is 0.396 e. The molecule has 6 rings (SSSR count). The summed E-state index contributed by atoms with van der Waals surface area (Å²) in [4.78, 5) is 2.33. The van der Waals surface area contributed by atoms with Crippen LogP contribution in [0.4, 0.5) is 5.69 Å². The SMILES string of the molecule is Cl.Cl.OC[C@H]1[C@H]2CN(c3cc(-c4ccccc4)nn4cnnc34)C[C@]23CNC[C@H]1O3. The molecule has 2 aromatic heterocycles. The van der Waals surface area contributed by atoms with E-state index in [2.05, 4.69) is 43.7 Å². The molecule has 2 N–H and O–H groups in total. The van der Waals surface area contributed by atoms with Crippen LogP contribution in [0.3, 0.4) is 0 Å². The van der Waals surface area contributed by atoms with Crippen molar-refractivity contribution in [3.05, 3.63) is 42.7 Å². The average molecular weight is 451 g/mol. The van der Waals surface area contributed by atoms with E-state index in [4.69, 9.17) is 4.74 Å². The van der Waals surface area contributed by atoms with E-state index in [0.29, 0.717) is 5.92 Å². The lowest BCUT2D eigenvalue weighted by Gasteiger charge is -2.34. The number of halogens is 2. The van der Waals surface area contributed by atoms with Crippen molar-refractivity contribution in [1.29, 1.82) is 0 Å². The zero-order valence-corrected chi connectivity index (χ0v) is 17.9. The second-order valence-corrected chi connectivity index (χ2v) is 8.07. The van der Waals surface area contributed by atoms with Crippen LogP contribution in [0.2, 0.25) is 0 Å². The Bertz CT molecular complexity index is 1030. The number of benzene rings is 1. The van der Waals surface area contributed by atoms with Gasteiger partial charge in [0.1, 0.15) is 11.9 Å². The van der Waals surface area contributed by atoms with E-state index in [1.807, 2.05) is 18.2 Å². The highest BCUT2D eigenvalue weighted by Gasteiger charge is 2.60. The van der Waals surface area contributed by atoms with Crippen molar-refractivity contribution in [2.75, 3.05) is 37.7 Å². The van der Waals surface area contributed by atoms with Gasteiger partial charge in [-0.3, -0.25) is 0 Å². The second-order valence-electron chi connectivity index (χ2n) is 8.07. The topological polar surface area (TPSA) is 87.8 Å². The molecule has 0 saturated carbocycles. The van der Waals surface area contributed by atoms with Crippen LogP contribution in [0.1, 0.15) is 0 Å². The van der Waals surface area contributed by atoms with E-state index in [9.17, 15) is 5.11 Å². The summed E-state index contributed by atoms with van der Waals surface area (Å²) in [5.74, 6) is 0.470. The lowest BCUT2D eigenvalue weighted by molar-refractivity contribution is -0.0653. The van der Waals surface area contributed by atoms with Crippen LogP contribution in [0, 0.1) is 11.8 Å². The number of rotatable bonds is 3. The van der Waals surface area contributed by atoms with Gasteiger partial charge in [0.05, 0.1) is 17.5 Å². The summed E-state index contributed by atoms with van der Waals surface area (Å²) in [7, 11) is 0. The number of morpholine rings is 1. The van der Waals surface area contributed by atoms with Gasteiger partial charge in [0.25, 0.3) is 0 Å². The molecule has 1 spiro atoms. The number of hydrogen-bond donors (Lipinski definition) is 2. The molecule has 3 aliphatic rings. The van der Waals surface area contributed by atoms with Crippen molar-refractivity contribution in [2.24, 2.45) is 11.8 Å². The number of nitrogens with one attached hydrogen (secondary N) is 1. The lowest BCUT2D eigenvalue weighted by Crippen LogP contribution is -2.52. The third-order valence-electron chi connectivity index (χ3n) is 6.57. The van der Waals surface area contributed by atoms with Crippen molar-refractivity contribution in [3.8, 4) is 11.3 Å². The zero-order chi connectivity index (χ0) is 18.7. The molecule has 3 aliphatic heterocycles. The fraction of sp³-hybridized carbons (Fsp3) is 0.450. The third kappa shape index (κ3) is 3.06. The van der Waals surface area contributed by atoms with Crippen molar-refractivity contribution >= 4 is 36.1 Å². The lowest BCUT2D eigenvalue weighted by atomic mass is 9.83. The highest BCUT2D eigenvalue weighted by molar-refractivity contribution is 5.85. The first-order chi connectivity index (χ1) is 13.8. The predicted octanol–water partition coefficient (Wildman–Crippen LogP) is 1.42. The minimum atomic E-state index is -0.247. The first-order valence-corrected chi connectivity index (χ1v) is 9.78. The predicted molar refractivity (Wildman–Crippen MR) is 117 cm³/mol. The van der Waals surface area contributed by atoms with E-state index in [0.717, 1.165) is 48.8 Å². The minimum Gasteiger partial charge on any atom is -0.396 e. The van der Waals surface area contributed by atoms with Crippen LogP contribution in [-0.2, 0) is 4.74 Å². The molecule has 1 aromatic carbocycles. The van der Waals surface area contributed by atoms with E-state index in [-0.39, 0.29) is 49.0 Å². The Hall–Kier alpha value is -1.97. The number of anilines is 1. The summed E-state index contributed by atoms with van der Waals surface area (Å²) in [6.45, 7) is 3.42. The first kappa shape index (κ1) is 21.3. The summed E-state index contributed by atoms with van der Waals surface area (Å²) in [6.07, 6.45) is 1.75. The van der Waals surface area contributed by atoms with Gasteiger partial charge in [-0.2, -0.15) is 9.61 Å². The van der Waals surface area contributed by atoms with Gasteiger partial charge in [0.2, 0.25) is 5.65 Å². The zero-order valence-electron chi connectivity index (χ0n) is 16.2. The van der Waals surface area contributed by atoms with Gasteiger partial charge in [-0.05, 0) is 6.07 Å². The smallest absolute Gasteiger partial charge is 0.200 e. The number of nitrogens with zero attached hydrogens (tertiary/aromatic N) is 5. The number of aromatic nitrogens is 4. The van der Waals surface area contributed by atoms with Crippen LogP contribution in [-0.4, -0.2) is 69.4 Å². The Morgan fingerprint density at radius 1 is 1.23 bits per heavy atom. The van der Waals surface area contributed by atoms with Crippen molar-refractivity contribution in [3.63, 3.8) is 0 Å². The van der Waals surface area contributed by atoms with Crippen molar-refractivity contribution in [2.45, 2.75) is 11.7 Å². The molecule has 4 atom stereocenters. The molecule has 8 nitrogen and oxygen atoms in total. The van der Waals surface area contributed by atoms with Crippen molar-refractivity contribution < 1.29 is 9.84 Å². The summed E-state index contributed by atoms with van der Waals surface area (Å²) in [5, 5.41) is 26.6. The molecule has 3 saturated heterocycles. The van der Waals surface area contributed by atoms with Gasteiger partial charge < -0.3 is 20.1 Å². The van der Waals surface area contributed by atoms with Crippen LogP contribution in [0.25, 0.3) is 16.9 Å². The van der Waals surface area contributed by atoms with Crippen LogP contribution < -0.4 is 10.2 Å². The average Bonchev–Trinajstić information content (AvgIpc) is 3.38. The van der Waals surface area contributed by atoms with Gasteiger partial charge in [0, 0.05) is 50.2 Å². The van der Waals surface area contributed by atoms with Crippen LogP contribution >= 0.6 is 24.8 Å². The number of fused-ring (bicyclic) bond motifs is 2. The highest BCUT2D eigenvalue weighted by Crippen LogP contribution is 2.48. The molecule has 0 aliphatic carbocycles. The number of aliphatic hydroxyl groups is 1. The normalized spacial score (nSPS) is 29.4. The molecular weight excluding hydrogens is 427 g/mol. The number of hydrogen-bond acceptors (Lipinski definition) is 7. The summed E-state index contributed by atoms with van der Waals surface area (Å²) < 4.78 is 8.20. The molecule has 0 unspecified atom stereocenters. The Kier molecular flexibility index (Phi) is 5.63. The Balaban J connectivity index is 0.00000109. The summed E-state index contributed by atoms with van der Waals surface area (Å²) >= 11 is 0. The number of ether oxygens (including phenoxy) is 1. The van der Waals surface area contributed by atoms with Gasteiger partial charge in [-0.25, -0.2) is 0 Å². The molecule has 10 heteroatoms. The molecule has 160 valence electrons. The Morgan fingerprint density at radius 2 is 2.07 bits per heavy atom. The molecule has 0 radical (unpaired) electrons. The molecular formula is C20H24Cl2N6O2. The molecule has 3 aromatic rings. The van der Waals surface area contributed by atoms with Gasteiger partial charge in [-0.15, -0.1) is 35.0 Å². The molecule has 30 heavy (non-hydrogen) atoms. The van der Waals surface area contributed by atoms with E-state index in [1.165, 1.54) is 0 Å². The van der Waals surface area contributed by atoms with Crippen molar-refractivity contribution in [1.82, 2.24) is 25.1 Å². The molecule has 2 bridgehead atoms. The quantitative estimate of drug-likeness (QED) is 0.623. The Morgan fingerprint density at radius 3 is 2.87 bits per heavy atom. The molecule has 3 fully saturated rings. The van der Waals surface area contributed by atoms with Gasteiger partial charge >= 0.3 is 0 Å². The fourth-order valence-corrected chi connectivity index (χ4v) is 5.28.